The summed E-state index contributed by atoms with van der Waals surface area (Å²) in [5, 5.41) is 14.3. The summed E-state index contributed by atoms with van der Waals surface area (Å²) in [5.41, 5.74) is -0.442. The number of amides is 2. The Morgan fingerprint density at radius 2 is 2.15 bits per heavy atom. The minimum atomic E-state index is -0.917. The number of carboxylic acids is 1. The maximum absolute atomic E-state index is 12.3. The highest BCUT2D eigenvalue weighted by atomic mass is 32.1. The van der Waals surface area contributed by atoms with E-state index in [1.165, 1.54) is 16.2 Å². The Morgan fingerprint density at radius 3 is 2.60 bits per heavy atom. The Labute approximate surface area is 122 Å². The van der Waals surface area contributed by atoms with Gasteiger partial charge in [-0.25, -0.2) is 9.78 Å². The summed E-state index contributed by atoms with van der Waals surface area (Å²) in [6.07, 6.45) is 1.62. The van der Waals surface area contributed by atoms with Crippen molar-refractivity contribution >= 4 is 23.3 Å². The molecule has 0 saturated carbocycles. The standard InChI is InChI=1S/C13H21N3O3S/c1-9(11-14-6-8-20-11)15-12(19)16(13(2,3)4)7-5-10(17)18/h6,8-9H,5,7H2,1-4H3,(H,15,19)(H,17,18). The summed E-state index contributed by atoms with van der Waals surface area (Å²) >= 11 is 1.47. The zero-order valence-corrected chi connectivity index (χ0v) is 13.0. The molecule has 1 heterocycles. The fraction of sp³-hybridized carbons (Fsp3) is 0.615. The lowest BCUT2D eigenvalue weighted by atomic mass is 10.1. The first-order valence-corrected chi connectivity index (χ1v) is 7.29. The molecule has 2 amide bonds. The maximum atomic E-state index is 12.3. The van der Waals surface area contributed by atoms with Crippen LogP contribution < -0.4 is 5.32 Å². The Bertz CT molecular complexity index is 454. The van der Waals surface area contributed by atoms with Crippen LogP contribution in [0.3, 0.4) is 0 Å². The predicted molar refractivity (Wildman–Crippen MR) is 77.8 cm³/mol. The number of aliphatic carboxylic acids is 1. The second-order valence-electron chi connectivity index (χ2n) is 5.51. The van der Waals surface area contributed by atoms with E-state index in [1.54, 1.807) is 6.20 Å². The number of aromatic nitrogens is 1. The molecule has 0 saturated heterocycles. The van der Waals surface area contributed by atoms with Gasteiger partial charge in [-0.1, -0.05) is 0 Å². The molecule has 6 nitrogen and oxygen atoms in total. The van der Waals surface area contributed by atoms with Gasteiger partial charge < -0.3 is 15.3 Å². The van der Waals surface area contributed by atoms with Gasteiger partial charge >= 0.3 is 12.0 Å². The van der Waals surface area contributed by atoms with Crippen LogP contribution in [-0.4, -0.2) is 39.1 Å². The lowest BCUT2D eigenvalue weighted by molar-refractivity contribution is -0.137. The van der Waals surface area contributed by atoms with Gasteiger partial charge in [0.1, 0.15) is 5.01 Å². The van der Waals surface area contributed by atoms with Crippen LogP contribution in [0.5, 0.6) is 0 Å². The zero-order chi connectivity index (χ0) is 15.3. The van der Waals surface area contributed by atoms with Crippen LogP contribution in [0.1, 0.15) is 45.2 Å². The summed E-state index contributed by atoms with van der Waals surface area (Å²) < 4.78 is 0. The second-order valence-corrected chi connectivity index (χ2v) is 6.43. The number of hydrogen-bond acceptors (Lipinski definition) is 4. The van der Waals surface area contributed by atoms with E-state index in [0.29, 0.717) is 0 Å². The Morgan fingerprint density at radius 1 is 1.50 bits per heavy atom. The first-order valence-electron chi connectivity index (χ1n) is 6.41. The van der Waals surface area contributed by atoms with Gasteiger partial charge in [0.2, 0.25) is 0 Å². The third-order valence-corrected chi connectivity index (χ3v) is 3.72. The zero-order valence-electron chi connectivity index (χ0n) is 12.2. The number of nitrogens with one attached hydrogen (secondary N) is 1. The number of thiazole rings is 1. The number of hydrogen-bond donors (Lipinski definition) is 2. The van der Waals surface area contributed by atoms with E-state index in [2.05, 4.69) is 10.3 Å². The first kappa shape index (κ1) is 16.4. The highest BCUT2D eigenvalue weighted by Crippen LogP contribution is 2.18. The predicted octanol–water partition coefficient (Wildman–Crippen LogP) is 2.49. The minimum absolute atomic E-state index is 0.0731. The molecule has 1 rings (SSSR count). The number of carbonyl (C=O) groups is 2. The highest BCUT2D eigenvalue weighted by molar-refractivity contribution is 7.09. The fourth-order valence-electron chi connectivity index (χ4n) is 1.72. The molecule has 1 aromatic rings. The molecule has 0 fully saturated rings. The fourth-order valence-corrected chi connectivity index (χ4v) is 2.37. The average molecular weight is 299 g/mol. The Balaban J connectivity index is 2.70. The van der Waals surface area contributed by atoms with Crippen LogP contribution >= 0.6 is 11.3 Å². The summed E-state index contributed by atoms with van der Waals surface area (Å²) in [5.74, 6) is -0.917. The quantitative estimate of drug-likeness (QED) is 0.875. The van der Waals surface area contributed by atoms with Gasteiger partial charge in [0.05, 0.1) is 12.5 Å². The molecule has 1 atom stereocenters. The van der Waals surface area contributed by atoms with Gasteiger partial charge in [0.25, 0.3) is 0 Å². The van der Waals surface area contributed by atoms with Gasteiger partial charge in [-0.2, -0.15) is 0 Å². The molecule has 0 aliphatic carbocycles. The number of carboxylic acid groups (broad SMARTS) is 1. The monoisotopic (exact) mass is 299 g/mol. The van der Waals surface area contributed by atoms with Gasteiger partial charge in [0.15, 0.2) is 0 Å². The molecule has 1 unspecified atom stereocenters. The van der Waals surface area contributed by atoms with E-state index in [4.69, 9.17) is 5.11 Å². The van der Waals surface area contributed by atoms with Crippen molar-refractivity contribution in [3.63, 3.8) is 0 Å². The molecule has 20 heavy (non-hydrogen) atoms. The van der Waals surface area contributed by atoms with Gasteiger partial charge in [-0.3, -0.25) is 4.79 Å². The van der Waals surface area contributed by atoms with Crippen molar-refractivity contribution < 1.29 is 14.7 Å². The molecule has 112 valence electrons. The SMILES string of the molecule is CC(NC(=O)N(CCC(=O)O)C(C)(C)C)c1nccs1. The first-order chi connectivity index (χ1) is 9.21. The largest absolute Gasteiger partial charge is 0.481 e. The van der Waals surface area contributed by atoms with Crippen LogP contribution in [0.2, 0.25) is 0 Å². The lowest BCUT2D eigenvalue weighted by Gasteiger charge is -2.36. The summed E-state index contributed by atoms with van der Waals surface area (Å²) in [4.78, 5) is 28.7. The van der Waals surface area contributed by atoms with Crippen molar-refractivity contribution in [2.75, 3.05) is 6.54 Å². The highest BCUT2D eigenvalue weighted by Gasteiger charge is 2.28. The molecule has 2 N–H and O–H groups in total. The third-order valence-electron chi connectivity index (χ3n) is 2.77. The topological polar surface area (TPSA) is 82.5 Å². The van der Waals surface area contributed by atoms with Crippen LogP contribution in [-0.2, 0) is 4.79 Å². The molecule has 7 heteroatoms. The van der Waals surface area contributed by atoms with E-state index in [9.17, 15) is 9.59 Å². The van der Waals surface area contributed by atoms with E-state index in [-0.39, 0.29) is 25.0 Å². The van der Waals surface area contributed by atoms with Crippen molar-refractivity contribution in [2.45, 2.75) is 45.7 Å². The minimum Gasteiger partial charge on any atom is -0.481 e. The van der Waals surface area contributed by atoms with E-state index in [0.717, 1.165) is 5.01 Å². The van der Waals surface area contributed by atoms with Crippen LogP contribution in [0, 0.1) is 0 Å². The van der Waals surface area contributed by atoms with E-state index >= 15 is 0 Å². The maximum Gasteiger partial charge on any atom is 0.318 e. The summed E-state index contributed by atoms with van der Waals surface area (Å²) in [6, 6.07) is -0.473. The molecular formula is C13H21N3O3S. The van der Waals surface area contributed by atoms with Crippen molar-refractivity contribution in [3.05, 3.63) is 16.6 Å². The average Bonchev–Trinajstić information content (AvgIpc) is 2.79. The van der Waals surface area contributed by atoms with Crippen molar-refractivity contribution in [1.82, 2.24) is 15.2 Å². The number of nitrogens with zero attached hydrogens (tertiary/aromatic N) is 2. The molecule has 0 spiro atoms. The van der Waals surface area contributed by atoms with Crippen molar-refractivity contribution in [2.24, 2.45) is 0 Å². The lowest BCUT2D eigenvalue weighted by Crippen LogP contribution is -2.51. The molecule has 0 aromatic carbocycles. The Kier molecular flexibility index (Phi) is 5.50. The molecule has 0 aliphatic heterocycles. The normalized spacial score (nSPS) is 12.8. The molecule has 1 aromatic heterocycles. The molecule has 0 aliphatic rings. The van der Waals surface area contributed by atoms with E-state index in [1.807, 2.05) is 33.1 Å². The van der Waals surface area contributed by atoms with Gasteiger partial charge in [-0.05, 0) is 27.7 Å². The van der Waals surface area contributed by atoms with Crippen LogP contribution in [0.25, 0.3) is 0 Å². The number of urea groups is 1. The second kappa shape index (κ2) is 6.69. The van der Waals surface area contributed by atoms with Crippen LogP contribution in [0.4, 0.5) is 4.79 Å². The summed E-state index contributed by atoms with van der Waals surface area (Å²) in [6.45, 7) is 7.66. The van der Waals surface area contributed by atoms with Gasteiger partial charge in [-0.15, -0.1) is 11.3 Å². The Hall–Kier alpha value is -1.63. The smallest absolute Gasteiger partial charge is 0.318 e. The van der Waals surface area contributed by atoms with Crippen molar-refractivity contribution in [1.29, 1.82) is 0 Å². The number of rotatable bonds is 5. The molecular weight excluding hydrogens is 278 g/mol. The third kappa shape index (κ3) is 4.80. The van der Waals surface area contributed by atoms with Crippen molar-refractivity contribution in [3.8, 4) is 0 Å². The van der Waals surface area contributed by atoms with E-state index < -0.39 is 11.5 Å². The van der Waals surface area contributed by atoms with Crippen LogP contribution in [0.15, 0.2) is 11.6 Å². The molecule has 0 radical (unpaired) electrons. The summed E-state index contributed by atoms with van der Waals surface area (Å²) in [7, 11) is 0. The molecule has 0 bridgehead atoms. The number of carbonyl (C=O) groups excluding carboxylic acids is 1. The van der Waals surface area contributed by atoms with Gasteiger partial charge in [0, 0.05) is 23.7 Å².